The fourth-order valence-electron chi connectivity index (χ4n) is 3.04. The number of rotatable bonds is 6. The smallest absolute Gasteiger partial charge is 0.408 e. The summed E-state index contributed by atoms with van der Waals surface area (Å²) in [5, 5.41) is 15.1. The fourth-order valence-corrected chi connectivity index (χ4v) is 3.04. The predicted molar refractivity (Wildman–Crippen MR) is 120 cm³/mol. The van der Waals surface area contributed by atoms with Crippen LogP contribution >= 0.6 is 0 Å². The number of nitrogens with one attached hydrogen (secondary N) is 2. The monoisotopic (exact) mass is 435 g/mol. The minimum absolute atomic E-state index is 0.356. The van der Waals surface area contributed by atoms with Crippen molar-refractivity contribution in [3.8, 4) is 0 Å². The number of amides is 3. The van der Waals surface area contributed by atoms with Gasteiger partial charge in [-0.1, -0.05) is 18.2 Å². The van der Waals surface area contributed by atoms with Gasteiger partial charge < -0.3 is 25.4 Å². The highest BCUT2D eigenvalue weighted by atomic mass is 16.6. The normalized spacial score (nSPS) is 13.7. The first-order chi connectivity index (χ1) is 14.1. The van der Waals surface area contributed by atoms with Gasteiger partial charge in [0.2, 0.25) is 11.8 Å². The van der Waals surface area contributed by atoms with E-state index in [9.17, 15) is 19.5 Å². The van der Waals surface area contributed by atoms with Crippen LogP contribution in [0.3, 0.4) is 0 Å². The van der Waals surface area contributed by atoms with Crippen molar-refractivity contribution < 1.29 is 24.2 Å². The van der Waals surface area contributed by atoms with E-state index in [0.29, 0.717) is 5.56 Å². The molecule has 3 N–H and O–H groups in total. The zero-order valence-corrected chi connectivity index (χ0v) is 20.1. The molecule has 0 bridgehead atoms. The molecule has 8 nitrogen and oxygen atoms in total. The zero-order valence-electron chi connectivity index (χ0n) is 20.1. The molecule has 3 amide bonds. The summed E-state index contributed by atoms with van der Waals surface area (Å²) < 4.78 is 5.18. The number of hydrogen-bond acceptors (Lipinski definition) is 5. The zero-order chi connectivity index (χ0) is 24.1. The Bertz CT molecular complexity index is 808. The average molecular weight is 436 g/mol. The number of benzene rings is 1. The van der Waals surface area contributed by atoms with Gasteiger partial charge in [-0.25, -0.2) is 4.79 Å². The summed E-state index contributed by atoms with van der Waals surface area (Å²) in [4.78, 5) is 39.8. The van der Waals surface area contributed by atoms with Crippen LogP contribution in [0.1, 0.15) is 64.3 Å². The van der Waals surface area contributed by atoms with E-state index in [0.717, 1.165) is 11.1 Å². The highest BCUT2D eigenvalue weighted by Crippen LogP contribution is 2.26. The van der Waals surface area contributed by atoms with Gasteiger partial charge in [-0.15, -0.1) is 0 Å². The van der Waals surface area contributed by atoms with Gasteiger partial charge in [0.15, 0.2) is 0 Å². The highest BCUT2D eigenvalue weighted by molar-refractivity contribution is 5.92. The van der Waals surface area contributed by atoms with Crippen molar-refractivity contribution in [2.24, 2.45) is 0 Å². The Balaban J connectivity index is 3.27. The first-order valence-electron chi connectivity index (χ1n) is 10.3. The number of aryl methyl sites for hydroxylation is 1. The Labute approximate surface area is 185 Å². The van der Waals surface area contributed by atoms with Crippen LogP contribution in [0, 0.1) is 13.8 Å². The second-order valence-electron chi connectivity index (χ2n) is 9.76. The lowest BCUT2D eigenvalue weighted by atomic mass is 9.94. The second-order valence-corrected chi connectivity index (χ2v) is 9.76. The lowest BCUT2D eigenvalue weighted by molar-refractivity contribution is -0.142. The number of ether oxygens (including phenoxy) is 1. The second kappa shape index (κ2) is 10.1. The van der Waals surface area contributed by atoms with E-state index in [1.165, 1.54) is 11.9 Å². The molecular formula is C23H37N3O5. The lowest BCUT2D eigenvalue weighted by Crippen LogP contribution is -2.54. The van der Waals surface area contributed by atoms with Crippen molar-refractivity contribution in [3.05, 3.63) is 34.9 Å². The first-order valence-corrected chi connectivity index (χ1v) is 10.3. The molecule has 0 aliphatic heterocycles. The molecule has 1 aromatic carbocycles. The number of alkyl carbamates (subject to hydrolysis) is 1. The van der Waals surface area contributed by atoms with E-state index in [1.807, 2.05) is 46.8 Å². The number of carbonyl (C=O) groups is 3. The summed E-state index contributed by atoms with van der Waals surface area (Å²) in [6.45, 7) is 13.8. The van der Waals surface area contributed by atoms with Crippen molar-refractivity contribution in [2.45, 2.75) is 78.6 Å². The molecule has 31 heavy (non-hydrogen) atoms. The van der Waals surface area contributed by atoms with Crippen LogP contribution in [-0.2, 0) is 14.3 Å². The van der Waals surface area contributed by atoms with Crippen molar-refractivity contribution in [1.82, 2.24) is 15.5 Å². The van der Waals surface area contributed by atoms with Crippen LogP contribution < -0.4 is 10.6 Å². The molecule has 0 radical (unpaired) electrons. The average Bonchev–Trinajstić information content (AvgIpc) is 2.59. The third-order valence-corrected chi connectivity index (χ3v) is 4.59. The van der Waals surface area contributed by atoms with E-state index in [-0.39, 0.29) is 5.91 Å². The third kappa shape index (κ3) is 7.86. The molecule has 0 aliphatic rings. The predicted octanol–water partition coefficient (Wildman–Crippen LogP) is 2.60. The summed E-state index contributed by atoms with van der Waals surface area (Å²) in [6.07, 6.45) is -0.823. The summed E-state index contributed by atoms with van der Waals surface area (Å²) >= 11 is 0. The Kier molecular flexibility index (Phi) is 8.64. The number of nitrogens with zero attached hydrogens (tertiary/aromatic N) is 1. The fraction of sp³-hybridized carbons (Fsp3) is 0.609. The van der Waals surface area contributed by atoms with E-state index in [4.69, 9.17) is 4.74 Å². The number of aliphatic hydroxyl groups is 1. The van der Waals surface area contributed by atoms with Gasteiger partial charge in [-0.2, -0.15) is 0 Å². The highest BCUT2D eigenvalue weighted by Gasteiger charge is 2.35. The molecular weight excluding hydrogens is 398 g/mol. The molecule has 1 aromatic rings. The maximum atomic E-state index is 13.2. The number of aliphatic hydroxyl groups excluding tert-OH is 1. The quantitative estimate of drug-likeness (QED) is 0.637. The Morgan fingerprint density at radius 2 is 1.68 bits per heavy atom. The minimum Gasteiger partial charge on any atom is -0.444 e. The van der Waals surface area contributed by atoms with Crippen molar-refractivity contribution in [1.29, 1.82) is 0 Å². The summed E-state index contributed by atoms with van der Waals surface area (Å²) in [6, 6.07) is 3.36. The number of likely N-dealkylation sites (N-methyl/N-ethyl adjacent to an activating group) is 1. The molecule has 0 aromatic heterocycles. The SMILES string of the molecule is Cc1cccc(C(C(=O)NC(C)(C)C)N(C)C(=O)C(CO)NC(=O)OC(C)(C)C)c1C. The van der Waals surface area contributed by atoms with Gasteiger partial charge in [-0.05, 0) is 72.1 Å². The van der Waals surface area contributed by atoms with Gasteiger partial charge in [0.1, 0.15) is 17.7 Å². The maximum Gasteiger partial charge on any atom is 0.408 e. The van der Waals surface area contributed by atoms with Crippen molar-refractivity contribution in [3.63, 3.8) is 0 Å². The molecule has 0 heterocycles. The van der Waals surface area contributed by atoms with Crippen molar-refractivity contribution >= 4 is 17.9 Å². The maximum absolute atomic E-state index is 13.2. The number of carbonyl (C=O) groups excluding carboxylic acids is 3. The Morgan fingerprint density at radius 1 is 1.10 bits per heavy atom. The summed E-state index contributed by atoms with van der Waals surface area (Å²) in [7, 11) is 1.48. The molecule has 0 aliphatic carbocycles. The molecule has 2 unspecified atom stereocenters. The molecule has 2 atom stereocenters. The van der Waals surface area contributed by atoms with E-state index in [2.05, 4.69) is 10.6 Å². The summed E-state index contributed by atoms with van der Waals surface area (Å²) in [5.41, 5.74) is 1.27. The minimum atomic E-state index is -1.25. The molecule has 8 heteroatoms. The summed E-state index contributed by atoms with van der Waals surface area (Å²) in [5.74, 6) is -0.964. The van der Waals surface area contributed by atoms with E-state index < -0.39 is 41.8 Å². The molecule has 0 saturated heterocycles. The van der Waals surface area contributed by atoms with Gasteiger partial charge in [0.05, 0.1) is 6.61 Å². The Hall–Kier alpha value is -2.61. The molecule has 0 spiro atoms. The third-order valence-electron chi connectivity index (χ3n) is 4.59. The van der Waals surface area contributed by atoms with Crippen LogP contribution in [0.4, 0.5) is 4.79 Å². The van der Waals surface area contributed by atoms with Crippen LogP contribution in [0.5, 0.6) is 0 Å². The van der Waals surface area contributed by atoms with Gasteiger partial charge in [-0.3, -0.25) is 9.59 Å². The van der Waals surface area contributed by atoms with Crippen LogP contribution in [0.15, 0.2) is 18.2 Å². The van der Waals surface area contributed by atoms with E-state index in [1.54, 1.807) is 26.8 Å². The van der Waals surface area contributed by atoms with Gasteiger partial charge in [0.25, 0.3) is 0 Å². The Morgan fingerprint density at radius 3 is 2.16 bits per heavy atom. The largest absolute Gasteiger partial charge is 0.444 e. The molecule has 0 fully saturated rings. The lowest BCUT2D eigenvalue weighted by Gasteiger charge is -2.34. The van der Waals surface area contributed by atoms with Gasteiger partial charge >= 0.3 is 6.09 Å². The molecule has 0 saturated carbocycles. The molecule has 174 valence electrons. The first kappa shape index (κ1) is 26.4. The van der Waals surface area contributed by atoms with Crippen molar-refractivity contribution in [2.75, 3.05) is 13.7 Å². The topological polar surface area (TPSA) is 108 Å². The molecule has 1 rings (SSSR count). The van der Waals surface area contributed by atoms with Crippen LogP contribution in [0.25, 0.3) is 0 Å². The van der Waals surface area contributed by atoms with Crippen LogP contribution in [-0.4, -0.2) is 58.8 Å². The van der Waals surface area contributed by atoms with E-state index >= 15 is 0 Å². The van der Waals surface area contributed by atoms with Crippen LogP contribution in [0.2, 0.25) is 0 Å². The standard InChI is InChI=1S/C23H37N3O5/c1-14-11-10-12-16(15(14)2)18(19(28)25-22(3,4)5)26(9)20(29)17(13-27)24-21(30)31-23(6,7)8/h10-12,17-18,27H,13H2,1-9H3,(H,24,30)(H,25,28). The van der Waals surface area contributed by atoms with Gasteiger partial charge in [0, 0.05) is 12.6 Å². The number of hydrogen-bond donors (Lipinski definition) is 3.